The van der Waals surface area contributed by atoms with Crippen LogP contribution in [0.15, 0.2) is 24.3 Å². The van der Waals surface area contributed by atoms with Crippen LogP contribution in [0.5, 0.6) is 11.5 Å². The van der Waals surface area contributed by atoms with E-state index in [-0.39, 0.29) is 31.1 Å². The van der Waals surface area contributed by atoms with Crippen LogP contribution in [-0.2, 0) is 9.53 Å². The standard InChI is InChI=1S/C15H21NO4.ClH/c1-16-9-3-4-14(10-16)20-15(17)11-19-13-7-5-12(18-2)6-8-13;/h5-8,14H,3-4,9-11H2,1-2H3;1H/p-1. The second-order valence-corrected chi connectivity index (χ2v) is 4.98. The molecule has 1 heterocycles. The molecule has 1 saturated heterocycles. The summed E-state index contributed by atoms with van der Waals surface area (Å²) in [5.41, 5.74) is 0. The molecule has 0 N–H and O–H groups in total. The van der Waals surface area contributed by atoms with Crippen LogP contribution < -0.4 is 21.9 Å². The van der Waals surface area contributed by atoms with Crippen LogP contribution in [-0.4, -0.2) is 50.8 Å². The van der Waals surface area contributed by atoms with Crippen molar-refractivity contribution in [1.29, 1.82) is 0 Å². The highest BCUT2D eigenvalue weighted by Crippen LogP contribution is 2.17. The van der Waals surface area contributed by atoms with Crippen LogP contribution in [0.3, 0.4) is 0 Å². The zero-order valence-electron chi connectivity index (χ0n) is 12.4. The Morgan fingerprint density at radius 3 is 2.57 bits per heavy atom. The molecular weight excluding hydrogens is 294 g/mol. The zero-order valence-corrected chi connectivity index (χ0v) is 13.1. The van der Waals surface area contributed by atoms with Crippen LogP contribution in [0.1, 0.15) is 12.8 Å². The molecule has 118 valence electrons. The van der Waals surface area contributed by atoms with E-state index in [0.29, 0.717) is 5.75 Å². The molecule has 0 radical (unpaired) electrons. The Kier molecular flexibility index (Phi) is 7.32. The topological polar surface area (TPSA) is 48.0 Å². The number of halogens is 1. The van der Waals surface area contributed by atoms with Gasteiger partial charge in [0.15, 0.2) is 6.61 Å². The number of esters is 1. The highest BCUT2D eigenvalue weighted by molar-refractivity contribution is 5.71. The van der Waals surface area contributed by atoms with Gasteiger partial charge in [-0.1, -0.05) is 0 Å². The first-order valence-corrected chi connectivity index (χ1v) is 6.82. The van der Waals surface area contributed by atoms with Gasteiger partial charge in [0.25, 0.3) is 0 Å². The first-order valence-electron chi connectivity index (χ1n) is 6.82. The van der Waals surface area contributed by atoms with Gasteiger partial charge in [0.2, 0.25) is 0 Å². The van der Waals surface area contributed by atoms with E-state index in [4.69, 9.17) is 14.2 Å². The molecule has 0 aliphatic carbocycles. The molecule has 5 nitrogen and oxygen atoms in total. The van der Waals surface area contributed by atoms with Crippen molar-refractivity contribution in [1.82, 2.24) is 4.90 Å². The Bertz CT molecular complexity index is 438. The minimum Gasteiger partial charge on any atom is -1.00 e. The number of rotatable bonds is 5. The second kappa shape index (κ2) is 8.74. The number of piperidine rings is 1. The summed E-state index contributed by atoms with van der Waals surface area (Å²) in [7, 11) is 3.64. The number of hydrogen-bond donors (Lipinski definition) is 0. The molecule has 0 spiro atoms. The van der Waals surface area contributed by atoms with E-state index < -0.39 is 0 Å². The van der Waals surface area contributed by atoms with Crippen molar-refractivity contribution in [3.63, 3.8) is 0 Å². The maximum absolute atomic E-state index is 11.7. The quantitative estimate of drug-likeness (QED) is 0.633. The minimum absolute atomic E-state index is 0. The smallest absolute Gasteiger partial charge is 0.344 e. The monoisotopic (exact) mass is 314 g/mol. The number of likely N-dealkylation sites (N-methyl/N-ethyl adjacent to an activating group) is 1. The molecule has 1 aliphatic rings. The van der Waals surface area contributed by atoms with Gasteiger partial charge in [-0.3, -0.25) is 0 Å². The number of ether oxygens (including phenoxy) is 3. The van der Waals surface area contributed by atoms with E-state index in [1.807, 2.05) is 7.05 Å². The van der Waals surface area contributed by atoms with Crippen molar-refractivity contribution in [2.45, 2.75) is 18.9 Å². The van der Waals surface area contributed by atoms with E-state index in [0.717, 1.165) is 31.7 Å². The van der Waals surface area contributed by atoms with Crippen molar-refractivity contribution >= 4 is 5.97 Å². The summed E-state index contributed by atoms with van der Waals surface area (Å²) in [5.74, 6) is 1.06. The molecule has 1 aromatic rings. The lowest BCUT2D eigenvalue weighted by Crippen LogP contribution is -3.00. The molecule has 21 heavy (non-hydrogen) atoms. The van der Waals surface area contributed by atoms with Crippen molar-refractivity contribution in [3.05, 3.63) is 24.3 Å². The summed E-state index contributed by atoms with van der Waals surface area (Å²) in [6, 6.07) is 7.11. The molecule has 1 aliphatic heterocycles. The zero-order chi connectivity index (χ0) is 14.4. The largest absolute Gasteiger partial charge is 1.00 e. The van der Waals surface area contributed by atoms with E-state index in [1.54, 1.807) is 31.4 Å². The lowest BCUT2D eigenvalue weighted by atomic mass is 10.1. The number of carbonyl (C=O) groups excluding carboxylic acids is 1. The van der Waals surface area contributed by atoms with Gasteiger partial charge in [-0.25, -0.2) is 4.79 Å². The number of carbonyl (C=O) groups is 1. The first kappa shape index (κ1) is 17.6. The summed E-state index contributed by atoms with van der Waals surface area (Å²) in [4.78, 5) is 13.9. The summed E-state index contributed by atoms with van der Waals surface area (Å²) in [5, 5.41) is 0. The van der Waals surface area contributed by atoms with E-state index in [9.17, 15) is 4.79 Å². The molecule has 1 atom stereocenters. The molecule has 0 aromatic heterocycles. The fraction of sp³-hybridized carbons (Fsp3) is 0.533. The lowest BCUT2D eigenvalue weighted by Gasteiger charge is -2.29. The van der Waals surface area contributed by atoms with E-state index in [1.165, 1.54) is 0 Å². The Morgan fingerprint density at radius 2 is 1.95 bits per heavy atom. The highest BCUT2D eigenvalue weighted by Gasteiger charge is 2.20. The van der Waals surface area contributed by atoms with Crippen molar-refractivity contribution in [2.75, 3.05) is 33.9 Å². The van der Waals surface area contributed by atoms with Gasteiger partial charge in [-0.05, 0) is 50.7 Å². The third kappa shape index (κ3) is 5.81. The number of nitrogens with zero attached hydrogens (tertiary/aromatic N) is 1. The Morgan fingerprint density at radius 1 is 1.29 bits per heavy atom. The molecular formula is C15H21ClNO4-. The molecule has 1 aromatic carbocycles. The average molecular weight is 315 g/mol. The summed E-state index contributed by atoms with van der Waals surface area (Å²) >= 11 is 0. The SMILES string of the molecule is COc1ccc(OCC(=O)OC2CCCN(C)C2)cc1.[Cl-]. The van der Waals surface area contributed by atoms with Crippen molar-refractivity contribution in [2.24, 2.45) is 0 Å². The number of benzene rings is 1. The van der Waals surface area contributed by atoms with Gasteiger partial charge >= 0.3 is 5.97 Å². The van der Waals surface area contributed by atoms with Crippen LogP contribution in [0, 0.1) is 0 Å². The summed E-state index contributed by atoms with van der Waals surface area (Å²) in [6.07, 6.45) is 1.98. The van der Waals surface area contributed by atoms with Gasteiger partial charge in [0.1, 0.15) is 17.6 Å². The van der Waals surface area contributed by atoms with Gasteiger partial charge in [-0.2, -0.15) is 0 Å². The average Bonchev–Trinajstić information content (AvgIpc) is 2.46. The molecule has 6 heteroatoms. The number of methoxy groups -OCH3 is 1. The van der Waals surface area contributed by atoms with E-state index >= 15 is 0 Å². The van der Waals surface area contributed by atoms with Crippen LogP contribution in [0.2, 0.25) is 0 Å². The number of likely N-dealkylation sites (tertiary alicyclic amines) is 1. The Balaban J connectivity index is 0.00000220. The van der Waals surface area contributed by atoms with Crippen molar-refractivity contribution in [3.8, 4) is 11.5 Å². The van der Waals surface area contributed by atoms with E-state index in [2.05, 4.69) is 4.90 Å². The molecule has 1 unspecified atom stereocenters. The van der Waals surface area contributed by atoms with Crippen LogP contribution in [0.25, 0.3) is 0 Å². The third-order valence-electron chi connectivity index (χ3n) is 3.30. The van der Waals surface area contributed by atoms with Gasteiger partial charge < -0.3 is 31.5 Å². The predicted octanol–water partition coefficient (Wildman–Crippen LogP) is -1.28. The molecule has 1 fully saturated rings. The molecule has 0 bridgehead atoms. The van der Waals surface area contributed by atoms with Crippen LogP contribution >= 0.6 is 0 Å². The summed E-state index contributed by atoms with van der Waals surface area (Å²) in [6.45, 7) is 1.80. The van der Waals surface area contributed by atoms with Gasteiger partial charge in [0.05, 0.1) is 7.11 Å². The number of hydrogen-bond acceptors (Lipinski definition) is 5. The second-order valence-electron chi connectivity index (χ2n) is 4.98. The Labute approximate surface area is 131 Å². The first-order chi connectivity index (χ1) is 9.67. The summed E-state index contributed by atoms with van der Waals surface area (Å²) < 4.78 is 15.8. The fourth-order valence-electron chi connectivity index (χ4n) is 2.25. The minimum atomic E-state index is -0.318. The molecule has 2 rings (SSSR count). The lowest BCUT2D eigenvalue weighted by molar-refractivity contribution is -0.153. The Hall–Kier alpha value is -1.46. The fourth-order valence-corrected chi connectivity index (χ4v) is 2.25. The molecule has 0 amide bonds. The van der Waals surface area contributed by atoms with Gasteiger partial charge in [0, 0.05) is 6.54 Å². The predicted molar refractivity (Wildman–Crippen MR) is 75.1 cm³/mol. The molecule has 0 saturated carbocycles. The highest BCUT2D eigenvalue weighted by atomic mass is 35.5. The van der Waals surface area contributed by atoms with Gasteiger partial charge in [-0.15, -0.1) is 0 Å². The normalized spacial score (nSPS) is 18.5. The maximum Gasteiger partial charge on any atom is 0.344 e. The third-order valence-corrected chi connectivity index (χ3v) is 3.30. The van der Waals surface area contributed by atoms with Crippen molar-refractivity contribution < 1.29 is 31.4 Å². The maximum atomic E-state index is 11.7. The van der Waals surface area contributed by atoms with Crippen LogP contribution in [0.4, 0.5) is 0 Å².